The summed E-state index contributed by atoms with van der Waals surface area (Å²) in [4.78, 5) is 40.8. The van der Waals surface area contributed by atoms with Crippen LogP contribution in [0.3, 0.4) is 0 Å². The molecule has 1 aromatic rings. The normalized spacial score (nSPS) is 28.4. The lowest BCUT2D eigenvalue weighted by molar-refractivity contribution is -0.140. The van der Waals surface area contributed by atoms with E-state index in [9.17, 15) is 14.4 Å². The number of hydrogen-bond donors (Lipinski definition) is 1. The standard InChI is InChI=1S/C21H29N3O3/c1-15-11-16(2)13-23(12-15)18(25)14-24-19(26)21(3,22-20(24)27)10-9-17-7-5-4-6-8-17/h4-8,15-16H,9-14H2,1-3H3,(H,22,27)/t15-,16+,21-/m1/s1. The van der Waals surface area contributed by atoms with Crippen molar-refractivity contribution in [3.8, 4) is 0 Å². The Morgan fingerprint density at radius 2 is 1.78 bits per heavy atom. The third-order valence-electron chi connectivity index (χ3n) is 5.62. The van der Waals surface area contributed by atoms with E-state index < -0.39 is 11.6 Å². The second kappa shape index (κ2) is 7.71. The van der Waals surface area contributed by atoms with Crippen molar-refractivity contribution in [3.05, 3.63) is 35.9 Å². The zero-order valence-corrected chi connectivity index (χ0v) is 16.4. The average Bonchev–Trinajstić information content (AvgIpc) is 2.83. The van der Waals surface area contributed by atoms with E-state index in [1.54, 1.807) is 11.8 Å². The molecule has 3 rings (SSSR count). The molecule has 3 atom stereocenters. The Labute approximate surface area is 160 Å². The molecule has 0 bridgehead atoms. The number of benzene rings is 1. The van der Waals surface area contributed by atoms with Gasteiger partial charge < -0.3 is 10.2 Å². The van der Waals surface area contributed by atoms with Gasteiger partial charge in [-0.15, -0.1) is 0 Å². The molecule has 0 aromatic heterocycles. The predicted octanol–water partition coefficient (Wildman–Crippen LogP) is 2.43. The molecule has 2 aliphatic heterocycles. The summed E-state index contributed by atoms with van der Waals surface area (Å²) in [7, 11) is 0. The Morgan fingerprint density at radius 3 is 2.41 bits per heavy atom. The van der Waals surface area contributed by atoms with Crippen LogP contribution in [0.25, 0.3) is 0 Å². The van der Waals surface area contributed by atoms with E-state index >= 15 is 0 Å². The number of rotatable bonds is 5. The number of imide groups is 1. The fourth-order valence-electron chi connectivity index (χ4n) is 4.20. The molecule has 2 saturated heterocycles. The van der Waals surface area contributed by atoms with Crippen molar-refractivity contribution in [1.29, 1.82) is 0 Å². The number of carbonyl (C=O) groups excluding carboxylic acids is 3. The van der Waals surface area contributed by atoms with Crippen LogP contribution >= 0.6 is 0 Å². The highest BCUT2D eigenvalue weighted by molar-refractivity contribution is 6.08. The van der Waals surface area contributed by atoms with Gasteiger partial charge in [0.15, 0.2) is 0 Å². The van der Waals surface area contributed by atoms with E-state index in [4.69, 9.17) is 0 Å². The third-order valence-corrected chi connectivity index (χ3v) is 5.62. The van der Waals surface area contributed by atoms with E-state index in [0.717, 1.165) is 16.9 Å². The maximum absolute atomic E-state index is 12.9. The Kier molecular flexibility index (Phi) is 5.53. The van der Waals surface area contributed by atoms with Gasteiger partial charge in [0.2, 0.25) is 5.91 Å². The molecule has 1 aromatic carbocycles. The number of piperidine rings is 1. The van der Waals surface area contributed by atoms with E-state index in [1.165, 1.54) is 0 Å². The van der Waals surface area contributed by atoms with Gasteiger partial charge in [0.25, 0.3) is 5.91 Å². The number of carbonyl (C=O) groups is 3. The van der Waals surface area contributed by atoms with Crippen molar-refractivity contribution in [2.75, 3.05) is 19.6 Å². The Hall–Kier alpha value is -2.37. The summed E-state index contributed by atoms with van der Waals surface area (Å²) in [6, 6.07) is 9.40. The lowest BCUT2D eigenvalue weighted by Crippen LogP contribution is -2.49. The molecule has 0 unspecified atom stereocenters. The fourth-order valence-corrected chi connectivity index (χ4v) is 4.20. The zero-order valence-electron chi connectivity index (χ0n) is 16.4. The molecule has 0 aliphatic carbocycles. The SMILES string of the molecule is C[C@@H]1C[C@H](C)CN(C(=O)CN2C(=O)N[C@](C)(CCc3ccccc3)C2=O)C1. The first-order chi connectivity index (χ1) is 12.8. The molecule has 0 spiro atoms. The van der Waals surface area contributed by atoms with Crippen LogP contribution in [0.15, 0.2) is 30.3 Å². The van der Waals surface area contributed by atoms with Crippen molar-refractivity contribution in [2.45, 2.75) is 45.6 Å². The molecule has 2 fully saturated rings. The van der Waals surface area contributed by atoms with Gasteiger partial charge in [-0.2, -0.15) is 0 Å². The van der Waals surface area contributed by atoms with Crippen LogP contribution < -0.4 is 5.32 Å². The molecule has 6 nitrogen and oxygen atoms in total. The van der Waals surface area contributed by atoms with Crippen molar-refractivity contribution in [1.82, 2.24) is 15.1 Å². The summed E-state index contributed by atoms with van der Waals surface area (Å²) in [5, 5.41) is 2.79. The highest BCUT2D eigenvalue weighted by Gasteiger charge is 2.48. The number of hydrogen-bond acceptors (Lipinski definition) is 3. The minimum absolute atomic E-state index is 0.149. The molecule has 2 aliphatic rings. The van der Waals surface area contributed by atoms with Crippen LogP contribution in [0.4, 0.5) is 4.79 Å². The molecular weight excluding hydrogens is 342 g/mol. The molecule has 0 saturated carbocycles. The summed E-state index contributed by atoms with van der Waals surface area (Å²) in [6.45, 7) is 7.21. The number of urea groups is 1. The van der Waals surface area contributed by atoms with Crippen LogP contribution in [0, 0.1) is 11.8 Å². The summed E-state index contributed by atoms with van der Waals surface area (Å²) < 4.78 is 0. The largest absolute Gasteiger partial charge is 0.341 e. The third kappa shape index (κ3) is 4.31. The Balaban J connectivity index is 1.62. The molecule has 4 amide bonds. The van der Waals surface area contributed by atoms with E-state index in [-0.39, 0.29) is 18.4 Å². The van der Waals surface area contributed by atoms with Crippen molar-refractivity contribution in [2.24, 2.45) is 11.8 Å². The number of nitrogens with one attached hydrogen (secondary N) is 1. The van der Waals surface area contributed by atoms with Gasteiger partial charge in [0, 0.05) is 13.1 Å². The van der Waals surface area contributed by atoms with Crippen molar-refractivity contribution >= 4 is 17.8 Å². The first kappa shape index (κ1) is 19.4. The highest BCUT2D eigenvalue weighted by atomic mass is 16.2. The van der Waals surface area contributed by atoms with Gasteiger partial charge in [-0.3, -0.25) is 14.5 Å². The summed E-state index contributed by atoms with van der Waals surface area (Å²) in [6.07, 6.45) is 2.29. The van der Waals surface area contributed by atoms with Gasteiger partial charge in [-0.1, -0.05) is 44.2 Å². The average molecular weight is 371 g/mol. The summed E-state index contributed by atoms with van der Waals surface area (Å²) in [5.41, 5.74) is 0.155. The fraction of sp³-hybridized carbons (Fsp3) is 0.571. The lowest BCUT2D eigenvalue weighted by atomic mass is 9.92. The monoisotopic (exact) mass is 371 g/mol. The Bertz CT molecular complexity index is 711. The zero-order chi connectivity index (χ0) is 19.6. The quantitative estimate of drug-likeness (QED) is 0.808. The van der Waals surface area contributed by atoms with Crippen LogP contribution in [-0.2, 0) is 16.0 Å². The van der Waals surface area contributed by atoms with Crippen LogP contribution in [-0.4, -0.2) is 52.8 Å². The second-order valence-corrected chi connectivity index (χ2v) is 8.38. The number of aryl methyl sites for hydroxylation is 1. The minimum Gasteiger partial charge on any atom is -0.341 e. The van der Waals surface area contributed by atoms with Gasteiger partial charge >= 0.3 is 6.03 Å². The first-order valence-electron chi connectivity index (χ1n) is 9.74. The van der Waals surface area contributed by atoms with Crippen LogP contribution in [0.5, 0.6) is 0 Å². The molecule has 1 N–H and O–H groups in total. The highest BCUT2D eigenvalue weighted by Crippen LogP contribution is 2.25. The maximum Gasteiger partial charge on any atom is 0.325 e. The number of nitrogens with zero attached hydrogens (tertiary/aromatic N) is 2. The molecule has 0 radical (unpaired) electrons. The van der Waals surface area contributed by atoms with Crippen molar-refractivity contribution < 1.29 is 14.4 Å². The predicted molar refractivity (Wildman–Crippen MR) is 103 cm³/mol. The number of amides is 4. The topological polar surface area (TPSA) is 69.7 Å². The van der Waals surface area contributed by atoms with Crippen LogP contribution in [0.1, 0.15) is 39.2 Å². The van der Waals surface area contributed by atoms with Gasteiger partial charge in [0.1, 0.15) is 12.1 Å². The second-order valence-electron chi connectivity index (χ2n) is 8.38. The summed E-state index contributed by atoms with van der Waals surface area (Å²) in [5.74, 6) is 0.424. The lowest BCUT2D eigenvalue weighted by Gasteiger charge is -2.35. The molecular formula is C21H29N3O3. The van der Waals surface area contributed by atoms with E-state index in [1.807, 2.05) is 30.3 Å². The smallest absolute Gasteiger partial charge is 0.325 e. The first-order valence-corrected chi connectivity index (χ1v) is 9.74. The molecule has 27 heavy (non-hydrogen) atoms. The Morgan fingerprint density at radius 1 is 1.15 bits per heavy atom. The number of likely N-dealkylation sites (tertiary alicyclic amines) is 1. The molecule has 6 heteroatoms. The van der Waals surface area contributed by atoms with Crippen LogP contribution in [0.2, 0.25) is 0 Å². The van der Waals surface area contributed by atoms with Gasteiger partial charge in [0.05, 0.1) is 0 Å². The minimum atomic E-state index is -0.963. The van der Waals surface area contributed by atoms with E-state index in [0.29, 0.717) is 37.8 Å². The van der Waals surface area contributed by atoms with Crippen molar-refractivity contribution in [3.63, 3.8) is 0 Å². The van der Waals surface area contributed by atoms with Gasteiger partial charge in [-0.25, -0.2) is 4.79 Å². The maximum atomic E-state index is 12.9. The molecule has 2 heterocycles. The molecule has 146 valence electrons. The summed E-state index contributed by atoms with van der Waals surface area (Å²) >= 11 is 0. The van der Waals surface area contributed by atoms with E-state index in [2.05, 4.69) is 19.2 Å². The van der Waals surface area contributed by atoms with Gasteiger partial charge in [-0.05, 0) is 43.6 Å².